The Kier molecular flexibility index (Phi) is 5.61. The molecule has 0 bridgehead atoms. The third-order valence-corrected chi connectivity index (χ3v) is 4.04. The fraction of sp³-hybridized carbons (Fsp3) is 0.133. The van der Waals surface area contributed by atoms with E-state index >= 15 is 0 Å². The molecule has 0 spiro atoms. The molecule has 0 saturated carbocycles. The van der Waals surface area contributed by atoms with E-state index in [9.17, 15) is 18.0 Å². The minimum Gasteiger partial charge on any atom is -0.344 e. The Bertz CT molecular complexity index is 820. The lowest BCUT2D eigenvalue weighted by Crippen LogP contribution is -2.39. The summed E-state index contributed by atoms with van der Waals surface area (Å²) in [7, 11) is -3.75. The van der Waals surface area contributed by atoms with E-state index in [2.05, 4.69) is 15.6 Å². The van der Waals surface area contributed by atoms with Gasteiger partial charge in [0.1, 0.15) is 0 Å². The Morgan fingerprint density at radius 3 is 1.79 bits per heavy atom. The zero-order valence-electron chi connectivity index (χ0n) is 12.6. The van der Waals surface area contributed by atoms with Gasteiger partial charge < -0.3 is 10.6 Å². The van der Waals surface area contributed by atoms with Gasteiger partial charge in [-0.2, -0.15) is 0 Å². The monoisotopic (exact) mass is 348 g/mol. The number of benzene rings is 1. The Morgan fingerprint density at radius 1 is 0.875 bits per heavy atom. The lowest BCUT2D eigenvalue weighted by Gasteiger charge is -2.07. The molecule has 0 saturated heterocycles. The summed E-state index contributed by atoms with van der Waals surface area (Å²) in [6, 6.07) is 9.14. The molecular weight excluding hydrogens is 332 g/mol. The third kappa shape index (κ3) is 5.14. The number of pyridine rings is 1. The number of primary sulfonamides is 1. The van der Waals surface area contributed by atoms with E-state index in [-0.39, 0.29) is 18.0 Å². The molecule has 0 aliphatic carbocycles. The van der Waals surface area contributed by atoms with Gasteiger partial charge in [0.15, 0.2) is 0 Å². The van der Waals surface area contributed by atoms with Crippen molar-refractivity contribution in [2.24, 2.45) is 5.14 Å². The number of rotatable bonds is 5. The topological polar surface area (TPSA) is 131 Å². The van der Waals surface area contributed by atoms with Gasteiger partial charge >= 0.3 is 11.8 Å². The van der Waals surface area contributed by atoms with Gasteiger partial charge in [-0.25, -0.2) is 13.6 Å². The van der Waals surface area contributed by atoms with Crippen molar-refractivity contribution in [3.05, 3.63) is 59.9 Å². The van der Waals surface area contributed by atoms with E-state index in [1.807, 2.05) is 0 Å². The molecule has 2 aromatic rings. The van der Waals surface area contributed by atoms with Crippen molar-refractivity contribution in [2.75, 3.05) is 0 Å². The summed E-state index contributed by atoms with van der Waals surface area (Å²) < 4.78 is 22.3. The van der Waals surface area contributed by atoms with E-state index in [1.54, 1.807) is 24.5 Å². The summed E-state index contributed by atoms with van der Waals surface area (Å²) in [5, 5.41) is 9.93. The molecule has 126 valence electrons. The van der Waals surface area contributed by atoms with E-state index in [0.29, 0.717) is 5.56 Å². The van der Waals surface area contributed by atoms with Crippen LogP contribution in [0.2, 0.25) is 0 Å². The van der Waals surface area contributed by atoms with Crippen LogP contribution in [-0.2, 0) is 32.7 Å². The van der Waals surface area contributed by atoms with Crippen LogP contribution in [0.5, 0.6) is 0 Å². The van der Waals surface area contributed by atoms with Gasteiger partial charge in [-0.3, -0.25) is 14.6 Å². The summed E-state index contributed by atoms with van der Waals surface area (Å²) in [6.45, 7) is 0.310. The van der Waals surface area contributed by atoms with Crippen LogP contribution >= 0.6 is 0 Å². The zero-order chi connectivity index (χ0) is 17.6. The largest absolute Gasteiger partial charge is 0.344 e. The molecule has 0 radical (unpaired) electrons. The first-order chi connectivity index (χ1) is 11.4. The van der Waals surface area contributed by atoms with Crippen LogP contribution < -0.4 is 15.8 Å². The normalized spacial score (nSPS) is 10.9. The van der Waals surface area contributed by atoms with Crippen LogP contribution in [0.15, 0.2) is 53.7 Å². The van der Waals surface area contributed by atoms with Gasteiger partial charge in [-0.1, -0.05) is 12.1 Å². The molecule has 4 N–H and O–H groups in total. The van der Waals surface area contributed by atoms with Crippen molar-refractivity contribution < 1.29 is 18.0 Å². The number of aromatic nitrogens is 1. The number of amides is 2. The van der Waals surface area contributed by atoms with Gasteiger partial charge in [0.2, 0.25) is 10.0 Å². The quantitative estimate of drug-likeness (QED) is 0.636. The van der Waals surface area contributed by atoms with Crippen LogP contribution in [0.3, 0.4) is 0 Å². The molecule has 0 fully saturated rings. The first-order valence-corrected chi connectivity index (χ1v) is 8.47. The number of carbonyl (C=O) groups excluding carboxylic acids is 2. The molecule has 0 aliphatic heterocycles. The van der Waals surface area contributed by atoms with Crippen LogP contribution in [0.1, 0.15) is 11.1 Å². The SMILES string of the molecule is NS(=O)(=O)c1ccc(CNC(=O)C(=O)NCc2ccncc2)cc1. The standard InChI is InChI=1S/C15H16N4O4S/c16-24(22,23)13-3-1-11(2-4-13)9-18-14(20)15(21)19-10-12-5-7-17-8-6-12/h1-8H,9-10H2,(H,18,20)(H,19,21)(H2,16,22,23). The molecular formula is C15H16N4O4S. The molecule has 9 heteroatoms. The van der Waals surface area contributed by atoms with E-state index in [0.717, 1.165) is 5.56 Å². The predicted octanol–water partition coefficient (Wildman–Crippen LogP) is -0.338. The lowest BCUT2D eigenvalue weighted by molar-refractivity contribution is -0.139. The molecule has 8 nitrogen and oxygen atoms in total. The maximum Gasteiger partial charge on any atom is 0.309 e. The number of nitrogens with zero attached hydrogens (tertiary/aromatic N) is 1. The maximum atomic E-state index is 11.7. The van der Waals surface area contributed by atoms with Crippen molar-refractivity contribution in [1.29, 1.82) is 0 Å². The van der Waals surface area contributed by atoms with Gasteiger partial charge in [-0.05, 0) is 35.4 Å². The molecule has 1 heterocycles. The molecule has 2 rings (SSSR count). The second kappa shape index (κ2) is 7.66. The Morgan fingerprint density at radius 2 is 1.33 bits per heavy atom. The first-order valence-electron chi connectivity index (χ1n) is 6.93. The summed E-state index contributed by atoms with van der Waals surface area (Å²) in [4.78, 5) is 27.2. The highest BCUT2D eigenvalue weighted by Crippen LogP contribution is 2.08. The van der Waals surface area contributed by atoms with Gasteiger partial charge in [-0.15, -0.1) is 0 Å². The highest BCUT2D eigenvalue weighted by atomic mass is 32.2. The zero-order valence-corrected chi connectivity index (χ0v) is 13.4. The van der Waals surface area contributed by atoms with Crippen molar-refractivity contribution >= 4 is 21.8 Å². The van der Waals surface area contributed by atoms with E-state index in [1.165, 1.54) is 24.3 Å². The molecule has 1 aromatic carbocycles. The second-order valence-electron chi connectivity index (χ2n) is 4.91. The Labute approximate surface area is 139 Å². The van der Waals surface area contributed by atoms with Crippen LogP contribution in [-0.4, -0.2) is 25.2 Å². The average molecular weight is 348 g/mol. The van der Waals surface area contributed by atoms with Crippen molar-refractivity contribution in [3.63, 3.8) is 0 Å². The van der Waals surface area contributed by atoms with Crippen molar-refractivity contribution in [2.45, 2.75) is 18.0 Å². The first kappa shape index (κ1) is 17.6. The molecule has 0 atom stereocenters. The molecule has 2 amide bonds. The highest BCUT2D eigenvalue weighted by Gasteiger charge is 2.13. The molecule has 0 aliphatic rings. The second-order valence-corrected chi connectivity index (χ2v) is 6.47. The highest BCUT2D eigenvalue weighted by molar-refractivity contribution is 7.89. The smallest absolute Gasteiger partial charge is 0.309 e. The predicted molar refractivity (Wildman–Crippen MR) is 85.7 cm³/mol. The summed E-state index contributed by atoms with van der Waals surface area (Å²) >= 11 is 0. The number of carbonyl (C=O) groups is 2. The lowest BCUT2D eigenvalue weighted by atomic mass is 10.2. The van der Waals surface area contributed by atoms with Gasteiger partial charge in [0, 0.05) is 25.5 Å². The minimum atomic E-state index is -3.75. The van der Waals surface area contributed by atoms with Crippen LogP contribution in [0.4, 0.5) is 0 Å². The maximum absolute atomic E-state index is 11.7. The summed E-state index contributed by atoms with van der Waals surface area (Å²) in [5.41, 5.74) is 1.46. The summed E-state index contributed by atoms with van der Waals surface area (Å²) in [6.07, 6.45) is 3.18. The summed E-state index contributed by atoms with van der Waals surface area (Å²) in [5.74, 6) is -1.53. The fourth-order valence-corrected chi connectivity index (χ4v) is 2.34. The van der Waals surface area contributed by atoms with E-state index in [4.69, 9.17) is 5.14 Å². The average Bonchev–Trinajstić information content (AvgIpc) is 2.58. The minimum absolute atomic E-state index is 0.0207. The molecule has 24 heavy (non-hydrogen) atoms. The van der Waals surface area contributed by atoms with Crippen LogP contribution in [0.25, 0.3) is 0 Å². The van der Waals surface area contributed by atoms with Gasteiger partial charge in [0.05, 0.1) is 4.90 Å². The van der Waals surface area contributed by atoms with E-state index < -0.39 is 21.8 Å². The van der Waals surface area contributed by atoms with Crippen LogP contribution in [0, 0.1) is 0 Å². The number of hydrogen-bond donors (Lipinski definition) is 3. The van der Waals surface area contributed by atoms with Gasteiger partial charge in [0.25, 0.3) is 0 Å². The molecule has 0 unspecified atom stereocenters. The Hall–Kier alpha value is -2.78. The number of sulfonamides is 1. The Balaban J connectivity index is 1.83. The number of nitrogens with two attached hydrogens (primary N) is 1. The van der Waals surface area contributed by atoms with Crippen molar-refractivity contribution in [1.82, 2.24) is 15.6 Å². The number of nitrogens with one attached hydrogen (secondary N) is 2. The fourth-order valence-electron chi connectivity index (χ4n) is 1.82. The van der Waals surface area contributed by atoms with Crippen molar-refractivity contribution in [3.8, 4) is 0 Å². The molecule has 1 aromatic heterocycles. The third-order valence-electron chi connectivity index (χ3n) is 3.11. The number of hydrogen-bond acceptors (Lipinski definition) is 5.